The lowest BCUT2D eigenvalue weighted by Crippen LogP contribution is -2.39. The number of morpholine rings is 1. The number of rotatable bonds is 6. The summed E-state index contributed by atoms with van der Waals surface area (Å²) in [6.07, 6.45) is 5.20. The van der Waals surface area contributed by atoms with Gasteiger partial charge in [0.1, 0.15) is 11.4 Å². The molecule has 0 aliphatic carbocycles. The third kappa shape index (κ3) is 4.41. The molecule has 4 rings (SSSR count). The molecular formula is C20H25N7O2. The van der Waals surface area contributed by atoms with Crippen LogP contribution in [0, 0.1) is 20.8 Å². The Balaban J connectivity index is 1.60. The van der Waals surface area contributed by atoms with Gasteiger partial charge in [-0.15, -0.1) is 0 Å². The van der Waals surface area contributed by atoms with Gasteiger partial charge in [-0.25, -0.2) is 9.97 Å². The highest BCUT2D eigenvalue weighted by Gasteiger charge is 2.20. The summed E-state index contributed by atoms with van der Waals surface area (Å²) in [6, 6.07) is 0. The van der Waals surface area contributed by atoms with Gasteiger partial charge in [-0.1, -0.05) is 5.16 Å². The van der Waals surface area contributed by atoms with Gasteiger partial charge in [0, 0.05) is 44.1 Å². The predicted octanol–water partition coefficient (Wildman–Crippen LogP) is 2.26. The van der Waals surface area contributed by atoms with Crippen molar-refractivity contribution in [2.45, 2.75) is 20.8 Å². The van der Waals surface area contributed by atoms with Crippen LogP contribution in [0.5, 0.6) is 0 Å². The lowest BCUT2D eigenvalue weighted by molar-refractivity contribution is 0.0398. The van der Waals surface area contributed by atoms with Gasteiger partial charge in [0.15, 0.2) is 5.76 Å². The largest absolute Gasteiger partial charge is 0.379 e. The molecule has 1 saturated heterocycles. The Hall–Kier alpha value is -2.91. The lowest BCUT2D eigenvalue weighted by Gasteiger charge is -2.26. The van der Waals surface area contributed by atoms with E-state index in [9.17, 15) is 0 Å². The molecule has 3 aromatic heterocycles. The van der Waals surface area contributed by atoms with Crippen LogP contribution in [0.3, 0.4) is 0 Å². The summed E-state index contributed by atoms with van der Waals surface area (Å²) in [5.41, 5.74) is 4.73. The highest BCUT2D eigenvalue weighted by Crippen LogP contribution is 2.32. The average Bonchev–Trinajstić information content (AvgIpc) is 3.08. The van der Waals surface area contributed by atoms with Crippen LogP contribution in [-0.2, 0) is 4.74 Å². The van der Waals surface area contributed by atoms with E-state index in [1.54, 1.807) is 18.6 Å². The molecule has 4 heterocycles. The molecule has 0 unspecified atom stereocenters. The normalized spacial score (nSPS) is 14.9. The monoisotopic (exact) mass is 395 g/mol. The molecule has 3 aromatic rings. The summed E-state index contributed by atoms with van der Waals surface area (Å²) >= 11 is 0. The molecule has 29 heavy (non-hydrogen) atoms. The minimum absolute atomic E-state index is 0.549. The maximum Gasteiger partial charge on any atom is 0.223 e. The van der Waals surface area contributed by atoms with Crippen molar-refractivity contribution in [3.8, 4) is 22.7 Å². The van der Waals surface area contributed by atoms with Gasteiger partial charge >= 0.3 is 0 Å². The van der Waals surface area contributed by atoms with Gasteiger partial charge in [-0.05, 0) is 20.8 Å². The van der Waals surface area contributed by atoms with Crippen molar-refractivity contribution in [3.05, 3.63) is 35.5 Å². The van der Waals surface area contributed by atoms with Gasteiger partial charge < -0.3 is 14.6 Å². The summed E-state index contributed by atoms with van der Waals surface area (Å²) in [4.78, 5) is 20.4. The van der Waals surface area contributed by atoms with Crippen LogP contribution in [0.2, 0.25) is 0 Å². The molecule has 0 aromatic carbocycles. The van der Waals surface area contributed by atoms with Crippen LogP contribution in [0.1, 0.15) is 17.0 Å². The molecular weight excluding hydrogens is 370 g/mol. The number of hydrogen-bond acceptors (Lipinski definition) is 9. The number of aryl methyl sites for hydroxylation is 2. The number of nitrogens with one attached hydrogen (secondary N) is 1. The van der Waals surface area contributed by atoms with Crippen molar-refractivity contribution in [2.24, 2.45) is 0 Å². The molecule has 0 saturated carbocycles. The summed E-state index contributed by atoms with van der Waals surface area (Å²) < 4.78 is 10.9. The van der Waals surface area contributed by atoms with Crippen molar-refractivity contribution in [1.29, 1.82) is 0 Å². The number of hydrogen-bond donors (Lipinski definition) is 1. The first-order valence-electron chi connectivity index (χ1n) is 9.75. The van der Waals surface area contributed by atoms with E-state index in [-0.39, 0.29) is 0 Å². The van der Waals surface area contributed by atoms with Crippen molar-refractivity contribution in [2.75, 3.05) is 44.7 Å². The predicted molar refractivity (Wildman–Crippen MR) is 109 cm³/mol. The molecule has 1 aliphatic rings. The maximum absolute atomic E-state index is 5.55. The Bertz CT molecular complexity index is 965. The Labute approximate surface area is 169 Å². The minimum atomic E-state index is 0.549. The summed E-state index contributed by atoms with van der Waals surface area (Å²) in [6.45, 7) is 10.9. The number of ether oxygens (including phenoxy) is 1. The summed E-state index contributed by atoms with van der Waals surface area (Å²) in [5, 5.41) is 7.38. The first-order valence-corrected chi connectivity index (χ1v) is 9.75. The molecule has 1 aliphatic heterocycles. The lowest BCUT2D eigenvalue weighted by atomic mass is 10.1. The SMILES string of the molecule is Cc1cnc(-c2nc(NCCN3CCOCC3)ncc2-c2onc(C)c2C)cn1. The van der Waals surface area contributed by atoms with E-state index in [1.165, 1.54) is 0 Å². The highest BCUT2D eigenvalue weighted by molar-refractivity contribution is 5.77. The Morgan fingerprint density at radius 1 is 1.03 bits per heavy atom. The molecule has 0 spiro atoms. The maximum atomic E-state index is 5.55. The van der Waals surface area contributed by atoms with E-state index in [4.69, 9.17) is 14.2 Å². The average molecular weight is 395 g/mol. The first kappa shape index (κ1) is 19.4. The Morgan fingerprint density at radius 2 is 1.86 bits per heavy atom. The number of anilines is 1. The van der Waals surface area contributed by atoms with Gasteiger partial charge in [0.25, 0.3) is 0 Å². The molecule has 0 atom stereocenters. The van der Waals surface area contributed by atoms with Gasteiger partial charge in [0.2, 0.25) is 5.95 Å². The first-order chi connectivity index (χ1) is 14.1. The fourth-order valence-electron chi connectivity index (χ4n) is 3.16. The van der Waals surface area contributed by atoms with Crippen molar-refractivity contribution in [1.82, 2.24) is 30.0 Å². The molecule has 152 valence electrons. The van der Waals surface area contributed by atoms with Crippen molar-refractivity contribution >= 4 is 5.95 Å². The topological polar surface area (TPSA) is 102 Å². The van der Waals surface area contributed by atoms with E-state index in [1.807, 2.05) is 20.8 Å². The van der Waals surface area contributed by atoms with Gasteiger partial charge in [0.05, 0.1) is 36.4 Å². The summed E-state index contributed by atoms with van der Waals surface area (Å²) in [7, 11) is 0. The van der Waals surface area contributed by atoms with Crippen LogP contribution in [0.4, 0.5) is 5.95 Å². The van der Waals surface area contributed by atoms with Crippen molar-refractivity contribution in [3.63, 3.8) is 0 Å². The fraction of sp³-hybridized carbons (Fsp3) is 0.450. The van der Waals surface area contributed by atoms with Crippen LogP contribution in [0.15, 0.2) is 23.1 Å². The van der Waals surface area contributed by atoms with Crippen LogP contribution in [-0.4, -0.2) is 69.4 Å². The minimum Gasteiger partial charge on any atom is -0.379 e. The third-order valence-electron chi connectivity index (χ3n) is 5.03. The second-order valence-electron chi connectivity index (χ2n) is 7.10. The second-order valence-corrected chi connectivity index (χ2v) is 7.10. The number of aromatic nitrogens is 5. The second kappa shape index (κ2) is 8.62. The molecule has 9 heteroatoms. The van der Waals surface area contributed by atoms with Crippen molar-refractivity contribution < 1.29 is 9.26 Å². The molecule has 0 radical (unpaired) electrons. The van der Waals surface area contributed by atoms with Gasteiger partial charge in [-0.2, -0.15) is 0 Å². The van der Waals surface area contributed by atoms with E-state index in [2.05, 4.69) is 30.3 Å². The Morgan fingerprint density at radius 3 is 2.55 bits per heavy atom. The van der Waals surface area contributed by atoms with Crippen LogP contribution in [0.25, 0.3) is 22.7 Å². The van der Waals surface area contributed by atoms with Crippen LogP contribution >= 0.6 is 0 Å². The molecule has 0 bridgehead atoms. The zero-order valence-corrected chi connectivity index (χ0v) is 17.0. The summed E-state index contributed by atoms with van der Waals surface area (Å²) in [5.74, 6) is 1.20. The zero-order chi connectivity index (χ0) is 20.2. The van der Waals surface area contributed by atoms with E-state index < -0.39 is 0 Å². The molecule has 0 amide bonds. The highest BCUT2D eigenvalue weighted by atomic mass is 16.5. The van der Waals surface area contributed by atoms with Gasteiger partial charge in [-0.3, -0.25) is 14.9 Å². The molecule has 1 fully saturated rings. The van der Waals surface area contributed by atoms with E-state index >= 15 is 0 Å². The zero-order valence-electron chi connectivity index (χ0n) is 17.0. The standard InChI is InChI=1S/C20H25N7O2/c1-13-10-23-17(12-22-13)18-16(19-14(2)15(3)26-29-19)11-24-20(25-18)21-4-5-27-6-8-28-9-7-27/h10-12H,4-9H2,1-3H3,(H,21,24,25). The van der Waals surface area contributed by atoms with E-state index in [0.29, 0.717) is 23.1 Å². The smallest absolute Gasteiger partial charge is 0.223 e. The third-order valence-corrected chi connectivity index (χ3v) is 5.03. The molecule has 9 nitrogen and oxygen atoms in total. The van der Waals surface area contributed by atoms with E-state index in [0.717, 1.165) is 61.9 Å². The number of nitrogens with zero attached hydrogens (tertiary/aromatic N) is 6. The quantitative estimate of drug-likeness (QED) is 0.673. The fourth-order valence-corrected chi connectivity index (χ4v) is 3.16. The Kier molecular flexibility index (Phi) is 5.77. The van der Waals surface area contributed by atoms with Crippen LogP contribution < -0.4 is 5.32 Å². The molecule has 1 N–H and O–H groups in total.